The van der Waals surface area contributed by atoms with Crippen LogP contribution in [0.15, 0.2) is 54.6 Å². The molecule has 1 heteroatoms. The molecule has 1 fully saturated rings. The normalized spacial score (nSPS) is 25.4. The maximum absolute atomic E-state index is 8.83. The first-order valence-electron chi connectivity index (χ1n) is 6.29. The summed E-state index contributed by atoms with van der Waals surface area (Å²) in [6.45, 7) is 2.31. The van der Waals surface area contributed by atoms with Gasteiger partial charge < -0.3 is 0 Å². The van der Waals surface area contributed by atoms with Gasteiger partial charge in [-0.25, -0.2) is 0 Å². The molecule has 0 amide bonds. The fourth-order valence-corrected chi connectivity index (χ4v) is 2.78. The molecule has 0 saturated heterocycles. The van der Waals surface area contributed by atoms with Gasteiger partial charge >= 0.3 is 0 Å². The van der Waals surface area contributed by atoms with Crippen LogP contribution in [0.25, 0.3) is 0 Å². The minimum absolute atomic E-state index is 0.245. The van der Waals surface area contributed by atoms with Gasteiger partial charge in [0, 0.05) is 0 Å². The highest BCUT2D eigenvalue weighted by atomic mass is 14.5. The van der Waals surface area contributed by atoms with Gasteiger partial charge in [0.2, 0.25) is 0 Å². The number of hydrogen-bond donors (Lipinski definition) is 0. The van der Waals surface area contributed by atoms with Crippen molar-refractivity contribution in [1.29, 1.82) is 5.26 Å². The second kappa shape index (κ2) is 3.99. The first-order chi connectivity index (χ1) is 8.74. The summed E-state index contributed by atoms with van der Waals surface area (Å²) in [5, 5.41) is 8.83. The molecule has 1 aliphatic carbocycles. The smallest absolute Gasteiger partial charge is 0.0991 e. The van der Waals surface area contributed by atoms with Gasteiger partial charge in [-0.3, -0.25) is 0 Å². The fraction of sp³-hybridized carbons (Fsp3) is 0.235. The quantitative estimate of drug-likeness (QED) is 0.769. The highest BCUT2D eigenvalue weighted by molar-refractivity contribution is 5.44. The van der Waals surface area contributed by atoms with Gasteiger partial charge in [0.15, 0.2) is 0 Å². The van der Waals surface area contributed by atoms with Crippen LogP contribution in [0, 0.1) is 11.3 Å². The zero-order valence-corrected chi connectivity index (χ0v) is 10.4. The Morgan fingerprint density at radius 2 is 1.72 bits per heavy atom. The number of nitriles is 1. The molecule has 0 aromatic heterocycles. The SMILES string of the molecule is CC1(c2ccc(C#N)cc2)CC1c1ccccc1. The van der Waals surface area contributed by atoms with Crippen LogP contribution in [0.1, 0.15) is 36.0 Å². The predicted octanol–water partition coefficient (Wildman–Crippen LogP) is 4.00. The van der Waals surface area contributed by atoms with Crippen LogP contribution in [0.5, 0.6) is 0 Å². The van der Waals surface area contributed by atoms with Crippen molar-refractivity contribution in [3.8, 4) is 6.07 Å². The summed E-state index contributed by atoms with van der Waals surface area (Å²) in [6, 6.07) is 20.9. The first-order valence-corrected chi connectivity index (χ1v) is 6.29. The maximum atomic E-state index is 8.83. The lowest BCUT2D eigenvalue weighted by Crippen LogP contribution is -2.03. The lowest BCUT2D eigenvalue weighted by Gasteiger charge is -2.12. The van der Waals surface area contributed by atoms with E-state index in [1.165, 1.54) is 17.5 Å². The molecular weight excluding hydrogens is 218 g/mol. The van der Waals surface area contributed by atoms with Gasteiger partial charge in [-0.2, -0.15) is 5.26 Å². The van der Waals surface area contributed by atoms with Gasteiger partial charge in [0.1, 0.15) is 0 Å². The van der Waals surface area contributed by atoms with Crippen molar-refractivity contribution < 1.29 is 0 Å². The Balaban J connectivity index is 1.88. The number of benzene rings is 2. The van der Waals surface area contributed by atoms with E-state index in [2.05, 4.69) is 55.5 Å². The van der Waals surface area contributed by atoms with Crippen molar-refractivity contribution in [1.82, 2.24) is 0 Å². The summed E-state index contributed by atoms with van der Waals surface area (Å²) >= 11 is 0. The molecule has 0 radical (unpaired) electrons. The molecule has 1 saturated carbocycles. The summed E-state index contributed by atoms with van der Waals surface area (Å²) in [7, 11) is 0. The molecule has 1 nitrogen and oxygen atoms in total. The predicted molar refractivity (Wildman–Crippen MR) is 72.3 cm³/mol. The van der Waals surface area contributed by atoms with E-state index in [1.807, 2.05) is 12.1 Å². The van der Waals surface area contributed by atoms with Crippen LogP contribution in [0.2, 0.25) is 0 Å². The lowest BCUT2D eigenvalue weighted by atomic mass is 9.92. The van der Waals surface area contributed by atoms with E-state index in [0.717, 1.165) is 5.56 Å². The molecule has 0 aliphatic heterocycles. The van der Waals surface area contributed by atoms with Crippen molar-refractivity contribution >= 4 is 0 Å². The molecule has 2 unspecified atom stereocenters. The molecule has 18 heavy (non-hydrogen) atoms. The topological polar surface area (TPSA) is 23.8 Å². The average Bonchev–Trinajstić information content (AvgIpc) is 3.14. The molecule has 3 rings (SSSR count). The molecule has 1 aliphatic rings. The Labute approximate surface area is 108 Å². The van der Waals surface area contributed by atoms with Crippen LogP contribution in [-0.4, -0.2) is 0 Å². The summed E-state index contributed by atoms with van der Waals surface area (Å²) in [4.78, 5) is 0. The Bertz CT molecular complexity index is 592. The van der Waals surface area contributed by atoms with E-state index in [1.54, 1.807) is 0 Å². The zero-order valence-electron chi connectivity index (χ0n) is 10.4. The van der Waals surface area contributed by atoms with E-state index in [4.69, 9.17) is 5.26 Å². The lowest BCUT2D eigenvalue weighted by molar-refractivity contribution is 0.749. The minimum atomic E-state index is 0.245. The largest absolute Gasteiger partial charge is 0.192 e. The van der Waals surface area contributed by atoms with Crippen molar-refractivity contribution in [2.45, 2.75) is 24.7 Å². The van der Waals surface area contributed by atoms with Crippen LogP contribution < -0.4 is 0 Å². The molecule has 2 aromatic rings. The van der Waals surface area contributed by atoms with E-state index in [-0.39, 0.29) is 5.41 Å². The van der Waals surface area contributed by atoms with E-state index >= 15 is 0 Å². The standard InChI is InChI=1S/C17H15N/c1-17(15-9-7-13(12-18)8-10-15)11-16(17)14-5-3-2-4-6-14/h2-10,16H,11H2,1H3. The van der Waals surface area contributed by atoms with Crippen LogP contribution in [-0.2, 0) is 5.41 Å². The summed E-state index contributed by atoms with van der Waals surface area (Å²) < 4.78 is 0. The van der Waals surface area contributed by atoms with E-state index in [0.29, 0.717) is 5.92 Å². The number of nitrogens with zero attached hydrogens (tertiary/aromatic N) is 1. The van der Waals surface area contributed by atoms with Gasteiger partial charge in [0.25, 0.3) is 0 Å². The van der Waals surface area contributed by atoms with Crippen LogP contribution in [0.4, 0.5) is 0 Å². The second-order valence-electron chi connectivity index (χ2n) is 5.27. The van der Waals surface area contributed by atoms with E-state index < -0.39 is 0 Å². The molecule has 0 bridgehead atoms. The summed E-state index contributed by atoms with van der Waals surface area (Å²) in [5.74, 6) is 0.617. The Hall–Kier alpha value is -2.07. The van der Waals surface area contributed by atoms with E-state index in [9.17, 15) is 0 Å². The number of hydrogen-bond acceptors (Lipinski definition) is 1. The highest BCUT2D eigenvalue weighted by Gasteiger charge is 2.51. The Morgan fingerprint density at radius 3 is 2.33 bits per heavy atom. The average molecular weight is 233 g/mol. The summed E-state index contributed by atoms with van der Waals surface area (Å²) in [6.07, 6.45) is 1.20. The third-order valence-corrected chi connectivity index (χ3v) is 4.11. The minimum Gasteiger partial charge on any atom is -0.192 e. The molecular formula is C17H15N. The van der Waals surface area contributed by atoms with Crippen LogP contribution >= 0.6 is 0 Å². The fourth-order valence-electron chi connectivity index (χ4n) is 2.78. The Morgan fingerprint density at radius 1 is 1.06 bits per heavy atom. The monoisotopic (exact) mass is 233 g/mol. The van der Waals surface area contributed by atoms with Crippen molar-refractivity contribution in [3.05, 3.63) is 71.3 Å². The third-order valence-electron chi connectivity index (χ3n) is 4.11. The van der Waals surface area contributed by atoms with Gasteiger partial charge in [-0.15, -0.1) is 0 Å². The second-order valence-corrected chi connectivity index (χ2v) is 5.27. The molecule has 2 aromatic carbocycles. The molecule has 0 heterocycles. The summed E-state index contributed by atoms with van der Waals surface area (Å²) in [5.41, 5.74) is 3.74. The third kappa shape index (κ3) is 1.71. The van der Waals surface area contributed by atoms with Crippen molar-refractivity contribution in [3.63, 3.8) is 0 Å². The number of rotatable bonds is 2. The maximum Gasteiger partial charge on any atom is 0.0991 e. The van der Waals surface area contributed by atoms with Crippen molar-refractivity contribution in [2.75, 3.05) is 0 Å². The van der Waals surface area contributed by atoms with Crippen LogP contribution in [0.3, 0.4) is 0 Å². The highest BCUT2D eigenvalue weighted by Crippen LogP contribution is 2.60. The molecule has 2 atom stereocenters. The molecule has 0 N–H and O–H groups in total. The van der Waals surface area contributed by atoms with Gasteiger partial charge in [0.05, 0.1) is 11.6 Å². The Kier molecular flexibility index (Phi) is 2.45. The first kappa shape index (κ1) is 11.0. The van der Waals surface area contributed by atoms with Gasteiger partial charge in [-0.1, -0.05) is 49.4 Å². The zero-order chi connectivity index (χ0) is 12.6. The molecule has 0 spiro atoms. The van der Waals surface area contributed by atoms with Gasteiger partial charge in [-0.05, 0) is 41.0 Å². The molecule has 88 valence electrons. The van der Waals surface area contributed by atoms with Crippen molar-refractivity contribution in [2.24, 2.45) is 0 Å².